The highest BCUT2D eigenvalue weighted by Crippen LogP contribution is 2.31. The zero-order valence-corrected chi connectivity index (χ0v) is 17.5. The van der Waals surface area contributed by atoms with Gasteiger partial charge >= 0.3 is 5.97 Å². The minimum Gasteiger partial charge on any atom is -0.491 e. The van der Waals surface area contributed by atoms with E-state index in [1.54, 1.807) is 43.8 Å². The first-order valence-electron chi connectivity index (χ1n) is 9.81. The first-order chi connectivity index (χ1) is 15.5. The minimum absolute atomic E-state index is 0.0909. The number of aromatic nitrogens is 2. The Labute approximate surface area is 183 Å². The number of carboxylic acid groups (broad SMARTS) is 1. The number of nitrogens with zero attached hydrogens (tertiary/aromatic N) is 1. The third-order valence-corrected chi connectivity index (χ3v) is 4.88. The summed E-state index contributed by atoms with van der Waals surface area (Å²) in [6.07, 6.45) is 4.83. The number of carbonyl (C=O) groups is 2. The molecule has 9 nitrogen and oxygen atoms in total. The highest BCUT2D eigenvalue weighted by Gasteiger charge is 2.36. The van der Waals surface area contributed by atoms with E-state index in [1.807, 2.05) is 13.0 Å². The number of pyridine rings is 1. The Bertz CT molecular complexity index is 1260. The molecule has 1 aromatic carbocycles. The van der Waals surface area contributed by atoms with E-state index in [0.29, 0.717) is 35.9 Å². The molecule has 4 rings (SSSR count). The number of allylic oxidation sites excluding steroid dienone is 1. The first-order valence-corrected chi connectivity index (χ1v) is 9.81. The molecule has 1 aliphatic heterocycles. The number of fused-ring (bicyclic) bond motifs is 1. The van der Waals surface area contributed by atoms with Crippen molar-refractivity contribution >= 4 is 34.5 Å². The number of aromatic amines is 1. The van der Waals surface area contributed by atoms with Gasteiger partial charge < -0.3 is 29.6 Å². The zero-order chi connectivity index (χ0) is 22.7. The van der Waals surface area contributed by atoms with Crippen molar-refractivity contribution in [1.29, 1.82) is 0 Å². The molecule has 3 heterocycles. The Morgan fingerprint density at radius 2 is 2.16 bits per heavy atom. The van der Waals surface area contributed by atoms with Crippen LogP contribution in [0, 0.1) is 6.92 Å². The smallest absolute Gasteiger partial charge is 0.345 e. The number of methoxy groups -OCH3 is 1. The minimum atomic E-state index is -1.38. The maximum absolute atomic E-state index is 12.8. The lowest BCUT2D eigenvalue weighted by Crippen LogP contribution is -2.12. The quantitative estimate of drug-likeness (QED) is 0.280. The van der Waals surface area contributed by atoms with Crippen LogP contribution in [0.3, 0.4) is 0 Å². The number of ether oxygens (including phenoxy) is 3. The van der Waals surface area contributed by atoms with Crippen molar-refractivity contribution in [2.75, 3.05) is 25.6 Å². The molecule has 3 aromatic rings. The molecule has 0 unspecified atom stereocenters. The van der Waals surface area contributed by atoms with Gasteiger partial charge in [-0.3, -0.25) is 4.79 Å². The van der Waals surface area contributed by atoms with E-state index < -0.39 is 17.3 Å². The molecule has 0 radical (unpaired) electrons. The fourth-order valence-electron chi connectivity index (χ4n) is 3.28. The highest BCUT2D eigenvalue weighted by molar-refractivity contribution is 6.26. The number of carbonyl (C=O) groups excluding carboxylic acids is 1. The number of nitrogens with one attached hydrogen (secondary N) is 2. The molecule has 164 valence electrons. The van der Waals surface area contributed by atoms with Crippen LogP contribution in [0.25, 0.3) is 17.1 Å². The van der Waals surface area contributed by atoms with Gasteiger partial charge in [-0.25, -0.2) is 9.78 Å². The molecule has 0 saturated heterocycles. The molecular formula is C23H21N3O6. The van der Waals surface area contributed by atoms with Crippen LogP contribution >= 0.6 is 0 Å². The van der Waals surface area contributed by atoms with E-state index in [-0.39, 0.29) is 11.6 Å². The Hall–Kier alpha value is -4.11. The fourth-order valence-corrected chi connectivity index (χ4v) is 3.28. The molecule has 0 bridgehead atoms. The number of benzene rings is 1. The lowest BCUT2D eigenvalue weighted by Gasteiger charge is -2.13. The number of aliphatic carboxylic acids is 1. The number of anilines is 1. The van der Waals surface area contributed by atoms with Crippen molar-refractivity contribution < 1.29 is 28.9 Å². The van der Waals surface area contributed by atoms with Crippen LogP contribution in [0.15, 0.2) is 59.9 Å². The van der Waals surface area contributed by atoms with Crippen molar-refractivity contribution in [3.63, 3.8) is 0 Å². The van der Waals surface area contributed by atoms with E-state index in [1.165, 1.54) is 6.08 Å². The van der Waals surface area contributed by atoms with Gasteiger partial charge in [0, 0.05) is 36.1 Å². The number of carboxylic acids is 1. The molecule has 9 heteroatoms. The predicted octanol–water partition coefficient (Wildman–Crippen LogP) is 3.25. The SMILES string of the molecule is COCCOc1ccc(NC2=C(C(=O)O)C(=O)C(=Cc3c[nH]c4ncccc34)O2)c(C)c1. The predicted molar refractivity (Wildman–Crippen MR) is 117 cm³/mol. The summed E-state index contributed by atoms with van der Waals surface area (Å²) >= 11 is 0. The Kier molecular flexibility index (Phi) is 5.91. The molecule has 0 saturated carbocycles. The van der Waals surface area contributed by atoms with Gasteiger partial charge in [0.1, 0.15) is 18.0 Å². The molecule has 0 atom stereocenters. The number of hydrogen-bond donors (Lipinski definition) is 3. The zero-order valence-electron chi connectivity index (χ0n) is 17.5. The van der Waals surface area contributed by atoms with E-state index >= 15 is 0 Å². The highest BCUT2D eigenvalue weighted by atomic mass is 16.5. The third kappa shape index (κ3) is 4.19. The van der Waals surface area contributed by atoms with Crippen LogP contribution < -0.4 is 10.1 Å². The van der Waals surface area contributed by atoms with Gasteiger partial charge in [-0.1, -0.05) is 0 Å². The van der Waals surface area contributed by atoms with Gasteiger partial charge in [-0.2, -0.15) is 0 Å². The molecule has 3 N–H and O–H groups in total. The van der Waals surface area contributed by atoms with Crippen molar-refractivity contribution in [3.8, 4) is 5.75 Å². The second-order valence-electron chi connectivity index (χ2n) is 7.04. The van der Waals surface area contributed by atoms with Crippen LogP contribution in [-0.2, 0) is 19.1 Å². The van der Waals surface area contributed by atoms with Crippen molar-refractivity contribution in [2.24, 2.45) is 0 Å². The molecule has 0 fully saturated rings. The average molecular weight is 435 g/mol. The summed E-state index contributed by atoms with van der Waals surface area (Å²) in [6, 6.07) is 8.87. The van der Waals surface area contributed by atoms with Gasteiger partial charge in [0.2, 0.25) is 11.7 Å². The van der Waals surface area contributed by atoms with E-state index in [0.717, 1.165) is 10.9 Å². The Morgan fingerprint density at radius 3 is 2.91 bits per heavy atom. The summed E-state index contributed by atoms with van der Waals surface area (Å²) < 4.78 is 16.2. The first kappa shape index (κ1) is 21.1. The standard InChI is InChI=1S/C23H21N3O6/c1-13-10-15(31-9-8-30-2)5-6-17(13)26-22-19(23(28)29)20(27)18(32-22)11-14-12-25-21-16(14)4-3-7-24-21/h3-7,10-12,26H,8-9H2,1-2H3,(H,24,25)(H,28,29). The van der Waals surface area contributed by atoms with Crippen molar-refractivity contribution in [1.82, 2.24) is 9.97 Å². The molecule has 0 amide bonds. The summed E-state index contributed by atoms with van der Waals surface area (Å²) in [6.45, 7) is 2.70. The van der Waals surface area contributed by atoms with Crippen LogP contribution in [-0.4, -0.2) is 47.2 Å². The van der Waals surface area contributed by atoms with Crippen molar-refractivity contribution in [2.45, 2.75) is 6.92 Å². The normalized spacial score (nSPS) is 14.8. The maximum Gasteiger partial charge on any atom is 0.345 e. The Balaban J connectivity index is 1.59. The van der Waals surface area contributed by atoms with Crippen LogP contribution in [0.5, 0.6) is 5.75 Å². The van der Waals surface area contributed by atoms with Crippen LogP contribution in [0.1, 0.15) is 11.1 Å². The third-order valence-electron chi connectivity index (χ3n) is 4.88. The van der Waals surface area contributed by atoms with E-state index in [2.05, 4.69) is 15.3 Å². The van der Waals surface area contributed by atoms with E-state index in [4.69, 9.17) is 14.2 Å². The summed E-state index contributed by atoms with van der Waals surface area (Å²) in [5.74, 6) is -1.67. The summed E-state index contributed by atoms with van der Waals surface area (Å²) in [4.78, 5) is 31.8. The van der Waals surface area contributed by atoms with Gasteiger partial charge in [-0.05, 0) is 48.9 Å². The van der Waals surface area contributed by atoms with E-state index in [9.17, 15) is 14.7 Å². The summed E-state index contributed by atoms with van der Waals surface area (Å²) in [7, 11) is 1.59. The number of hydrogen-bond acceptors (Lipinski definition) is 7. The van der Waals surface area contributed by atoms with Crippen LogP contribution in [0.4, 0.5) is 5.69 Å². The lowest BCUT2D eigenvalue weighted by atomic mass is 10.1. The number of ketones is 1. The number of Topliss-reactive ketones (excluding diaryl/α,β-unsaturated/α-hetero) is 1. The molecular weight excluding hydrogens is 414 g/mol. The molecule has 1 aliphatic rings. The van der Waals surface area contributed by atoms with Gasteiger partial charge in [-0.15, -0.1) is 0 Å². The summed E-state index contributed by atoms with van der Waals surface area (Å²) in [5.41, 5.74) is 2.22. The average Bonchev–Trinajstić information content (AvgIpc) is 3.31. The molecule has 0 spiro atoms. The van der Waals surface area contributed by atoms with Gasteiger partial charge in [0.15, 0.2) is 11.3 Å². The van der Waals surface area contributed by atoms with Gasteiger partial charge in [0.25, 0.3) is 0 Å². The van der Waals surface area contributed by atoms with Gasteiger partial charge in [0.05, 0.1) is 6.61 Å². The lowest BCUT2D eigenvalue weighted by molar-refractivity contribution is -0.134. The molecule has 2 aromatic heterocycles. The molecule has 32 heavy (non-hydrogen) atoms. The topological polar surface area (TPSA) is 123 Å². The second kappa shape index (κ2) is 8.94. The number of H-pyrrole nitrogens is 1. The number of rotatable bonds is 8. The maximum atomic E-state index is 12.8. The fraction of sp³-hybridized carbons (Fsp3) is 0.174. The molecule has 0 aliphatic carbocycles. The largest absolute Gasteiger partial charge is 0.491 e. The second-order valence-corrected chi connectivity index (χ2v) is 7.04. The summed E-state index contributed by atoms with van der Waals surface area (Å²) in [5, 5.41) is 13.3. The number of aryl methyl sites for hydroxylation is 1. The Morgan fingerprint density at radius 1 is 1.31 bits per heavy atom. The van der Waals surface area contributed by atoms with Crippen molar-refractivity contribution in [3.05, 3.63) is 71.1 Å². The monoisotopic (exact) mass is 435 g/mol. The van der Waals surface area contributed by atoms with Crippen LogP contribution in [0.2, 0.25) is 0 Å².